The van der Waals surface area contributed by atoms with Gasteiger partial charge >= 0.3 is 0 Å². The molecule has 0 fully saturated rings. The Bertz CT molecular complexity index is 438. The molecule has 100 valence electrons. The molecule has 0 aromatic carbocycles. The lowest BCUT2D eigenvalue weighted by atomic mass is 10.2. The summed E-state index contributed by atoms with van der Waals surface area (Å²) >= 11 is 0. The number of aromatic nitrogens is 1. The highest BCUT2D eigenvalue weighted by atomic mass is 16.2. The van der Waals surface area contributed by atoms with Crippen molar-refractivity contribution in [3.05, 3.63) is 34.2 Å². The number of carbonyl (C=O) groups excluding carboxylic acids is 1. The van der Waals surface area contributed by atoms with E-state index in [1.54, 1.807) is 25.3 Å². The molecule has 0 unspecified atom stereocenters. The maximum atomic E-state index is 11.7. The summed E-state index contributed by atoms with van der Waals surface area (Å²) < 4.78 is 1.44. The number of nitrogens with zero attached hydrogens (tertiary/aromatic N) is 1. The van der Waals surface area contributed by atoms with E-state index in [-0.39, 0.29) is 18.0 Å². The van der Waals surface area contributed by atoms with Gasteiger partial charge in [-0.1, -0.05) is 32.3 Å². The molecular weight excluding hydrogens is 228 g/mol. The van der Waals surface area contributed by atoms with Crippen molar-refractivity contribution < 1.29 is 4.79 Å². The van der Waals surface area contributed by atoms with Crippen molar-refractivity contribution in [3.8, 4) is 0 Å². The molecule has 1 aromatic rings. The van der Waals surface area contributed by atoms with Crippen LogP contribution in [0.1, 0.15) is 38.2 Å². The topological polar surface area (TPSA) is 51.1 Å². The van der Waals surface area contributed by atoms with Crippen LogP contribution in [0.2, 0.25) is 0 Å². The van der Waals surface area contributed by atoms with Crippen molar-refractivity contribution in [2.45, 2.75) is 46.1 Å². The van der Waals surface area contributed by atoms with E-state index in [4.69, 9.17) is 0 Å². The first-order valence-electron chi connectivity index (χ1n) is 6.58. The highest BCUT2D eigenvalue weighted by Gasteiger charge is 2.04. The van der Waals surface area contributed by atoms with E-state index >= 15 is 0 Å². The third-order valence-electron chi connectivity index (χ3n) is 2.88. The van der Waals surface area contributed by atoms with Crippen LogP contribution in [0.15, 0.2) is 23.1 Å². The average Bonchev–Trinajstić information content (AvgIpc) is 2.35. The molecule has 0 saturated carbocycles. The molecule has 1 amide bonds. The van der Waals surface area contributed by atoms with Crippen LogP contribution < -0.4 is 10.9 Å². The summed E-state index contributed by atoms with van der Waals surface area (Å²) in [5.74, 6) is -0.0980. The number of nitrogens with one attached hydrogen (secondary N) is 1. The van der Waals surface area contributed by atoms with Gasteiger partial charge < -0.3 is 9.88 Å². The van der Waals surface area contributed by atoms with E-state index in [1.807, 2.05) is 0 Å². The fourth-order valence-corrected chi connectivity index (χ4v) is 1.77. The van der Waals surface area contributed by atoms with Gasteiger partial charge in [-0.2, -0.15) is 0 Å². The second-order valence-corrected chi connectivity index (χ2v) is 4.53. The summed E-state index contributed by atoms with van der Waals surface area (Å²) in [5.41, 5.74) is 0.562. The molecule has 0 aliphatic rings. The van der Waals surface area contributed by atoms with Gasteiger partial charge in [0.25, 0.3) is 5.56 Å². The van der Waals surface area contributed by atoms with Gasteiger partial charge in [0.15, 0.2) is 0 Å². The lowest BCUT2D eigenvalue weighted by Crippen LogP contribution is -2.33. The van der Waals surface area contributed by atoms with Gasteiger partial charge in [-0.25, -0.2) is 0 Å². The maximum absolute atomic E-state index is 11.7. The first-order chi connectivity index (χ1) is 8.65. The van der Waals surface area contributed by atoms with Gasteiger partial charge in [0.05, 0.1) is 0 Å². The lowest BCUT2D eigenvalue weighted by molar-refractivity contribution is -0.121. The van der Waals surface area contributed by atoms with Crippen LogP contribution in [0.4, 0.5) is 0 Å². The van der Waals surface area contributed by atoms with Crippen molar-refractivity contribution in [1.29, 1.82) is 0 Å². The Labute approximate surface area is 108 Å². The third-order valence-corrected chi connectivity index (χ3v) is 2.88. The molecule has 1 heterocycles. The van der Waals surface area contributed by atoms with Crippen molar-refractivity contribution in [2.24, 2.45) is 0 Å². The number of aryl methyl sites for hydroxylation is 1. The maximum Gasteiger partial charge on any atom is 0.253 e. The average molecular weight is 250 g/mol. The van der Waals surface area contributed by atoms with Crippen LogP contribution in [0.3, 0.4) is 0 Å². The Balaban J connectivity index is 2.36. The largest absolute Gasteiger partial charge is 0.355 e. The minimum absolute atomic E-state index is 0.0980. The fraction of sp³-hybridized carbons (Fsp3) is 0.571. The number of pyridine rings is 1. The molecule has 4 nitrogen and oxygen atoms in total. The molecule has 0 saturated heterocycles. The quantitative estimate of drug-likeness (QED) is 0.751. The fourth-order valence-electron chi connectivity index (χ4n) is 1.77. The van der Waals surface area contributed by atoms with Crippen LogP contribution in [-0.2, 0) is 11.3 Å². The summed E-state index contributed by atoms with van der Waals surface area (Å²) in [6, 6.07) is 3.53. The van der Waals surface area contributed by atoms with Crippen molar-refractivity contribution in [2.75, 3.05) is 6.54 Å². The van der Waals surface area contributed by atoms with E-state index < -0.39 is 0 Å². The van der Waals surface area contributed by atoms with Crippen LogP contribution in [0, 0.1) is 6.92 Å². The zero-order valence-corrected chi connectivity index (χ0v) is 11.2. The molecule has 1 aromatic heterocycles. The van der Waals surface area contributed by atoms with Crippen molar-refractivity contribution in [1.82, 2.24) is 9.88 Å². The van der Waals surface area contributed by atoms with E-state index in [0.29, 0.717) is 12.1 Å². The second-order valence-electron chi connectivity index (χ2n) is 4.53. The highest BCUT2D eigenvalue weighted by Crippen LogP contribution is 1.97. The van der Waals surface area contributed by atoms with Crippen LogP contribution in [0.5, 0.6) is 0 Å². The van der Waals surface area contributed by atoms with Gasteiger partial charge in [-0.15, -0.1) is 0 Å². The predicted octanol–water partition coefficient (Wildman–Crippen LogP) is 1.85. The molecule has 0 bridgehead atoms. The van der Waals surface area contributed by atoms with E-state index in [0.717, 1.165) is 12.8 Å². The van der Waals surface area contributed by atoms with E-state index in [2.05, 4.69) is 12.2 Å². The molecule has 1 rings (SSSR count). The smallest absolute Gasteiger partial charge is 0.253 e. The second kappa shape index (κ2) is 7.69. The van der Waals surface area contributed by atoms with Gasteiger partial charge in [-0.05, 0) is 19.4 Å². The lowest BCUT2D eigenvalue weighted by Gasteiger charge is -2.07. The Hall–Kier alpha value is -1.58. The Kier molecular flexibility index (Phi) is 6.19. The van der Waals surface area contributed by atoms with E-state index in [9.17, 15) is 9.59 Å². The van der Waals surface area contributed by atoms with Gasteiger partial charge in [0.1, 0.15) is 6.54 Å². The first kappa shape index (κ1) is 14.5. The minimum Gasteiger partial charge on any atom is -0.355 e. The number of amides is 1. The van der Waals surface area contributed by atoms with E-state index in [1.165, 1.54) is 17.4 Å². The molecule has 0 atom stereocenters. The summed E-state index contributed by atoms with van der Waals surface area (Å²) in [7, 11) is 0. The van der Waals surface area contributed by atoms with Crippen LogP contribution >= 0.6 is 0 Å². The SMILES string of the molecule is CCCCCCNC(=O)Cn1cccc(C)c1=O. The molecule has 0 aliphatic heterocycles. The molecule has 0 spiro atoms. The first-order valence-corrected chi connectivity index (χ1v) is 6.58. The molecule has 18 heavy (non-hydrogen) atoms. The molecular formula is C14H22N2O2. The zero-order valence-electron chi connectivity index (χ0n) is 11.2. The zero-order chi connectivity index (χ0) is 13.4. The monoisotopic (exact) mass is 250 g/mol. The van der Waals surface area contributed by atoms with Crippen LogP contribution in [-0.4, -0.2) is 17.0 Å². The van der Waals surface area contributed by atoms with Gasteiger partial charge in [0, 0.05) is 18.3 Å². The summed E-state index contributed by atoms with van der Waals surface area (Å²) in [5, 5.41) is 2.84. The Morgan fingerprint density at radius 3 is 2.83 bits per heavy atom. The molecule has 1 N–H and O–H groups in total. The van der Waals surface area contributed by atoms with Crippen molar-refractivity contribution in [3.63, 3.8) is 0 Å². The number of carbonyl (C=O) groups is 1. The Morgan fingerprint density at radius 1 is 1.33 bits per heavy atom. The third kappa shape index (κ3) is 4.73. The summed E-state index contributed by atoms with van der Waals surface area (Å²) in [4.78, 5) is 23.3. The van der Waals surface area contributed by atoms with Gasteiger partial charge in [0.2, 0.25) is 5.91 Å². The molecule has 4 heteroatoms. The summed E-state index contributed by atoms with van der Waals surface area (Å²) in [6.07, 6.45) is 6.18. The van der Waals surface area contributed by atoms with Gasteiger partial charge in [-0.3, -0.25) is 9.59 Å². The predicted molar refractivity (Wildman–Crippen MR) is 72.6 cm³/mol. The minimum atomic E-state index is -0.0985. The normalized spacial score (nSPS) is 10.3. The van der Waals surface area contributed by atoms with Crippen LogP contribution in [0.25, 0.3) is 0 Å². The van der Waals surface area contributed by atoms with Crippen molar-refractivity contribution >= 4 is 5.91 Å². The number of unbranched alkanes of at least 4 members (excludes halogenated alkanes) is 3. The Morgan fingerprint density at radius 2 is 2.11 bits per heavy atom. The standard InChI is InChI=1S/C14H22N2O2/c1-3-4-5-6-9-15-13(17)11-16-10-7-8-12(2)14(16)18/h7-8,10H,3-6,9,11H2,1-2H3,(H,15,17). The number of rotatable bonds is 7. The summed E-state index contributed by atoms with van der Waals surface area (Å²) in [6.45, 7) is 4.71. The molecule has 0 radical (unpaired) electrons. The number of hydrogen-bond donors (Lipinski definition) is 1. The number of hydrogen-bond acceptors (Lipinski definition) is 2. The highest BCUT2D eigenvalue weighted by molar-refractivity contribution is 5.75. The molecule has 0 aliphatic carbocycles.